The van der Waals surface area contributed by atoms with E-state index < -0.39 is 0 Å². The standard InChI is InChI=1S/C23H21N3O2S/c1-15-13-14-18(28-2)20-21(15)29-23(25-20)26-22(27)24-19(16-9-5-3-6-10-16)17-11-7-4-8-12-17/h3-14,19H,1-2H3,(H2,24,25,26,27). The maximum Gasteiger partial charge on any atom is 0.321 e. The summed E-state index contributed by atoms with van der Waals surface area (Å²) in [4.78, 5) is 17.4. The molecular formula is C23H21N3O2S. The van der Waals surface area contributed by atoms with Gasteiger partial charge >= 0.3 is 6.03 Å². The van der Waals surface area contributed by atoms with Crippen LogP contribution in [0, 0.1) is 6.92 Å². The Hall–Kier alpha value is -3.38. The molecule has 5 nitrogen and oxygen atoms in total. The summed E-state index contributed by atoms with van der Waals surface area (Å²) in [6.07, 6.45) is 0. The molecule has 0 aliphatic rings. The van der Waals surface area contributed by atoms with Gasteiger partial charge in [-0.25, -0.2) is 9.78 Å². The van der Waals surface area contributed by atoms with Crippen LogP contribution < -0.4 is 15.4 Å². The molecule has 146 valence electrons. The second kappa shape index (κ2) is 8.32. The van der Waals surface area contributed by atoms with Crippen molar-refractivity contribution < 1.29 is 9.53 Å². The molecule has 0 atom stereocenters. The first kappa shape index (κ1) is 19.0. The quantitative estimate of drug-likeness (QED) is 0.461. The minimum atomic E-state index is -0.307. The van der Waals surface area contributed by atoms with Crippen LogP contribution in [0.4, 0.5) is 9.93 Å². The van der Waals surface area contributed by atoms with E-state index in [1.165, 1.54) is 11.3 Å². The number of nitrogens with zero attached hydrogens (tertiary/aromatic N) is 1. The molecule has 4 rings (SSSR count). The van der Waals surface area contributed by atoms with Crippen LogP contribution >= 0.6 is 11.3 Å². The number of aryl methyl sites for hydroxylation is 1. The molecule has 0 fully saturated rings. The average molecular weight is 404 g/mol. The molecule has 6 heteroatoms. The van der Waals surface area contributed by atoms with E-state index in [1.807, 2.05) is 79.7 Å². The largest absolute Gasteiger partial charge is 0.494 e. The minimum absolute atomic E-state index is 0.261. The predicted octanol–water partition coefficient (Wildman–Crippen LogP) is 5.52. The number of ether oxygens (including phenoxy) is 1. The molecule has 0 saturated carbocycles. The molecule has 1 aromatic heterocycles. The lowest BCUT2D eigenvalue weighted by atomic mass is 9.99. The number of carbonyl (C=O) groups excluding carboxylic acids is 1. The van der Waals surface area contributed by atoms with Crippen molar-refractivity contribution in [2.75, 3.05) is 12.4 Å². The van der Waals surface area contributed by atoms with E-state index in [-0.39, 0.29) is 12.1 Å². The fourth-order valence-corrected chi connectivity index (χ4v) is 4.19. The van der Waals surface area contributed by atoms with E-state index in [0.717, 1.165) is 26.9 Å². The van der Waals surface area contributed by atoms with Gasteiger partial charge in [-0.1, -0.05) is 78.1 Å². The molecule has 1 heterocycles. The molecule has 0 aliphatic carbocycles. The van der Waals surface area contributed by atoms with Gasteiger partial charge in [-0.3, -0.25) is 5.32 Å². The lowest BCUT2D eigenvalue weighted by Gasteiger charge is -2.19. The van der Waals surface area contributed by atoms with Gasteiger partial charge in [0, 0.05) is 0 Å². The fourth-order valence-electron chi connectivity index (χ4n) is 3.24. The van der Waals surface area contributed by atoms with E-state index in [9.17, 15) is 4.79 Å². The summed E-state index contributed by atoms with van der Waals surface area (Å²) >= 11 is 1.44. The SMILES string of the molecule is COc1ccc(C)c2sc(NC(=O)NC(c3ccccc3)c3ccccc3)nc12. The van der Waals surface area contributed by atoms with Crippen LogP contribution in [0.15, 0.2) is 72.8 Å². The summed E-state index contributed by atoms with van der Waals surface area (Å²) < 4.78 is 6.40. The number of anilines is 1. The summed E-state index contributed by atoms with van der Waals surface area (Å²) in [6.45, 7) is 2.02. The lowest BCUT2D eigenvalue weighted by Crippen LogP contribution is -2.33. The fraction of sp³-hybridized carbons (Fsp3) is 0.130. The molecule has 4 aromatic rings. The summed E-state index contributed by atoms with van der Waals surface area (Å²) in [5.41, 5.74) is 3.88. The van der Waals surface area contributed by atoms with Gasteiger partial charge in [-0.15, -0.1) is 0 Å². The van der Waals surface area contributed by atoms with E-state index in [0.29, 0.717) is 10.9 Å². The van der Waals surface area contributed by atoms with Gasteiger partial charge in [-0.05, 0) is 29.7 Å². The third-order valence-corrected chi connectivity index (χ3v) is 5.79. The summed E-state index contributed by atoms with van der Waals surface area (Å²) in [5.74, 6) is 0.696. The first-order valence-corrected chi connectivity index (χ1v) is 10.1. The van der Waals surface area contributed by atoms with Crippen LogP contribution in [0.3, 0.4) is 0 Å². The molecule has 3 aromatic carbocycles. The number of urea groups is 1. The number of benzene rings is 3. The highest BCUT2D eigenvalue weighted by Crippen LogP contribution is 2.34. The van der Waals surface area contributed by atoms with Gasteiger partial charge in [-0.2, -0.15) is 0 Å². The number of methoxy groups -OCH3 is 1. The van der Waals surface area contributed by atoms with E-state index >= 15 is 0 Å². The first-order chi connectivity index (χ1) is 14.2. The second-order valence-electron chi connectivity index (χ2n) is 6.63. The van der Waals surface area contributed by atoms with Crippen LogP contribution in [0.2, 0.25) is 0 Å². The Bertz CT molecular complexity index is 1090. The van der Waals surface area contributed by atoms with E-state index in [4.69, 9.17) is 4.74 Å². The van der Waals surface area contributed by atoms with Gasteiger partial charge in [0.2, 0.25) is 0 Å². The van der Waals surface area contributed by atoms with Crippen LogP contribution in [0.5, 0.6) is 5.75 Å². The third-order valence-electron chi connectivity index (χ3n) is 4.69. The summed E-state index contributed by atoms with van der Waals surface area (Å²) in [7, 11) is 1.62. The van der Waals surface area contributed by atoms with Crippen molar-refractivity contribution in [2.24, 2.45) is 0 Å². The van der Waals surface area contributed by atoms with Crippen molar-refractivity contribution in [1.29, 1.82) is 0 Å². The molecule has 0 bridgehead atoms. The molecule has 0 aliphatic heterocycles. The third kappa shape index (κ3) is 4.07. The van der Waals surface area contributed by atoms with Gasteiger partial charge in [0.05, 0.1) is 17.9 Å². The second-order valence-corrected chi connectivity index (χ2v) is 7.63. The van der Waals surface area contributed by atoms with Crippen LogP contribution in [-0.4, -0.2) is 18.1 Å². The molecule has 0 radical (unpaired) electrons. The molecule has 0 unspecified atom stereocenters. The van der Waals surface area contributed by atoms with E-state index in [1.54, 1.807) is 7.11 Å². The zero-order valence-corrected chi connectivity index (χ0v) is 17.0. The van der Waals surface area contributed by atoms with Crippen LogP contribution in [0.25, 0.3) is 10.2 Å². The number of rotatable bonds is 5. The Morgan fingerprint density at radius 3 is 2.17 bits per heavy atom. The highest BCUT2D eigenvalue weighted by molar-refractivity contribution is 7.22. The number of fused-ring (bicyclic) bond motifs is 1. The van der Waals surface area contributed by atoms with Crippen LogP contribution in [0.1, 0.15) is 22.7 Å². The number of amides is 2. The van der Waals surface area contributed by atoms with Crippen molar-refractivity contribution in [3.05, 3.63) is 89.5 Å². The Labute approximate surface area is 173 Å². The zero-order chi connectivity index (χ0) is 20.2. The minimum Gasteiger partial charge on any atom is -0.494 e. The number of thiazole rings is 1. The number of carbonyl (C=O) groups is 1. The monoisotopic (exact) mass is 403 g/mol. The molecule has 0 saturated heterocycles. The van der Waals surface area contributed by atoms with Crippen molar-refractivity contribution >= 4 is 32.7 Å². The number of hydrogen-bond acceptors (Lipinski definition) is 4. The zero-order valence-electron chi connectivity index (χ0n) is 16.2. The normalized spacial score (nSPS) is 10.9. The molecular weight excluding hydrogens is 382 g/mol. The lowest BCUT2D eigenvalue weighted by molar-refractivity contribution is 0.250. The first-order valence-electron chi connectivity index (χ1n) is 9.27. The van der Waals surface area contributed by atoms with Crippen molar-refractivity contribution in [1.82, 2.24) is 10.3 Å². The topological polar surface area (TPSA) is 63.2 Å². The van der Waals surface area contributed by atoms with Gasteiger partial charge in [0.25, 0.3) is 0 Å². The smallest absolute Gasteiger partial charge is 0.321 e. The summed E-state index contributed by atoms with van der Waals surface area (Å²) in [6, 6.07) is 23.1. The van der Waals surface area contributed by atoms with Crippen molar-refractivity contribution in [2.45, 2.75) is 13.0 Å². The Morgan fingerprint density at radius 2 is 1.59 bits per heavy atom. The van der Waals surface area contributed by atoms with Crippen LogP contribution in [-0.2, 0) is 0 Å². The number of aromatic nitrogens is 1. The average Bonchev–Trinajstić information content (AvgIpc) is 3.18. The Balaban J connectivity index is 1.59. The van der Waals surface area contributed by atoms with Crippen molar-refractivity contribution in [3.8, 4) is 5.75 Å². The van der Waals surface area contributed by atoms with Crippen molar-refractivity contribution in [3.63, 3.8) is 0 Å². The highest BCUT2D eigenvalue weighted by Gasteiger charge is 2.18. The maximum atomic E-state index is 12.8. The number of nitrogens with one attached hydrogen (secondary N) is 2. The van der Waals surface area contributed by atoms with Gasteiger partial charge < -0.3 is 10.1 Å². The molecule has 29 heavy (non-hydrogen) atoms. The Morgan fingerprint density at radius 1 is 0.966 bits per heavy atom. The predicted molar refractivity (Wildman–Crippen MR) is 118 cm³/mol. The maximum absolute atomic E-state index is 12.8. The summed E-state index contributed by atoms with van der Waals surface area (Å²) in [5, 5.41) is 6.49. The van der Waals surface area contributed by atoms with Gasteiger partial charge in [0.1, 0.15) is 11.3 Å². The molecule has 0 spiro atoms. The Kier molecular flexibility index (Phi) is 5.44. The highest BCUT2D eigenvalue weighted by atomic mass is 32.1. The van der Waals surface area contributed by atoms with E-state index in [2.05, 4.69) is 15.6 Å². The molecule has 2 N–H and O–H groups in total. The number of hydrogen-bond donors (Lipinski definition) is 2. The molecule has 2 amide bonds. The van der Waals surface area contributed by atoms with Gasteiger partial charge in [0.15, 0.2) is 5.13 Å².